The van der Waals surface area contributed by atoms with Crippen LogP contribution in [0.25, 0.3) is 0 Å². The van der Waals surface area contributed by atoms with E-state index in [1.165, 1.54) is 10.6 Å². The van der Waals surface area contributed by atoms with Gasteiger partial charge in [-0.15, -0.1) is 0 Å². The molecule has 0 atom stereocenters. The van der Waals surface area contributed by atoms with Gasteiger partial charge < -0.3 is 0 Å². The number of nitrogens with two attached hydrogens (primary N) is 1. The van der Waals surface area contributed by atoms with Crippen LogP contribution in [0.15, 0.2) is 24.3 Å². The summed E-state index contributed by atoms with van der Waals surface area (Å²) in [4.78, 5) is 11.9. The highest BCUT2D eigenvalue weighted by Gasteiger charge is 2.17. The van der Waals surface area contributed by atoms with E-state index in [2.05, 4.69) is 20.8 Å². The third-order valence-electron chi connectivity index (χ3n) is 2.79. The molecule has 0 heterocycles. The van der Waals surface area contributed by atoms with Gasteiger partial charge in [-0.2, -0.15) is 0 Å². The fourth-order valence-electron chi connectivity index (χ4n) is 1.50. The van der Waals surface area contributed by atoms with Crippen molar-refractivity contribution in [3.63, 3.8) is 0 Å². The Kier molecular flexibility index (Phi) is 3.94. The molecule has 0 unspecified atom stereocenters. The first-order chi connectivity index (χ1) is 7.73. The van der Waals surface area contributed by atoms with Crippen LogP contribution in [0.5, 0.6) is 0 Å². The lowest BCUT2D eigenvalue weighted by Crippen LogP contribution is -2.42. The number of amides is 1. The Morgan fingerprint density at radius 3 is 2.00 bits per heavy atom. The molecule has 94 valence electrons. The van der Waals surface area contributed by atoms with E-state index in [0.717, 1.165) is 0 Å². The summed E-state index contributed by atoms with van der Waals surface area (Å²) in [5.41, 5.74) is 1.94. The second-order valence-corrected chi connectivity index (χ2v) is 5.63. The van der Waals surface area contributed by atoms with Crippen molar-refractivity contribution in [1.82, 2.24) is 5.01 Å². The van der Waals surface area contributed by atoms with Gasteiger partial charge in [-0.25, -0.2) is 5.84 Å². The number of rotatable bonds is 2. The van der Waals surface area contributed by atoms with E-state index in [1.54, 1.807) is 0 Å². The standard InChI is InChI=1S/C14H22N2O/c1-10(2)16(15)13(17)11-6-8-12(9-7-11)14(3,4)5/h6-10H,15H2,1-5H3. The number of carbonyl (C=O) groups is 1. The van der Waals surface area contributed by atoms with E-state index in [0.29, 0.717) is 5.56 Å². The van der Waals surface area contributed by atoms with Gasteiger partial charge in [-0.1, -0.05) is 32.9 Å². The molecule has 0 spiro atoms. The molecule has 1 amide bonds. The quantitative estimate of drug-likeness (QED) is 0.486. The molecule has 17 heavy (non-hydrogen) atoms. The zero-order chi connectivity index (χ0) is 13.2. The fourth-order valence-corrected chi connectivity index (χ4v) is 1.50. The molecule has 1 aromatic carbocycles. The van der Waals surface area contributed by atoms with Gasteiger partial charge in [0.05, 0.1) is 0 Å². The van der Waals surface area contributed by atoms with Gasteiger partial charge >= 0.3 is 0 Å². The minimum atomic E-state index is -0.138. The van der Waals surface area contributed by atoms with Crippen LogP contribution in [0.2, 0.25) is 0 Å². The lowest BCUT2D eigenvalue weighted by atomic mass is 9.86. The Hall–Kier alpha value is -1.35. The minimum absolute atomic E-state index is 0.00444. The molecule has 0 radical (unpaired) electrons. The van der Waals surface area contributed by atoms with Crippen molar-refractivity contribution in [2.24, 2.45) is 5.84 Å². The van der Waals surface area contributed by atoms with E-state index < -0.39 is 0 Å². The number of hydrogen-bond acceptors (Lipinski definition) is 2. The Morgan fingerprint density at radius 1 is 1.18 bits per heavy atom. The Bertz CT molecular complexity index is 388. The SMILES string of the molecule is CC(C)N(N)C(=O)c1ccc(C(C)(C)C)cc1. The summed E-state index contributed by atoms with van der Waals surface area (Å²) in [6.45, 7) is 10.2. The first-order valence-electron chi connectivity index (χ1n) is 5.92. The van der Waals surface area contributed by atoms with E-state index in [9.17, 15) is 4.79 Å². The molecule has 3 heteroatoms. The largest absolute Gasteiger partial charge is 0.274 e. The van der Waals surface area contributed by atoms with Crippen LogP contribution >= 0.6 is 0 Å². The predicted molar refractivity (Wildman–Crippen MR) is 70.6 cm³/mol. The second kappa shape index (κ2) is 4.88. The first kappa shape index (κ1) is 13.7. The Balaban J connectivity index is 2.92. The van der Waals surface area contributed by atoms with Gasteiger partial charge in [0, 0.05) is 11.6 Å². The van der Waals surface area contributed by atoms with Crippen molar-refractivity contribution in [2.75, 3.05) is 0 Å². The van der Waals surface area contributed by atoms with Gasteiger partial charge in [0.15, 0.2) is 0 Å². The summed E-state index contributed by atoms with van der Waals surface area (Å²) in [5, 5.41) is 1.26. The molecule has 0 aliphatic heterocycles. The second-order valence-electron chi connectivity index (χ2n) is 5.63. The molecule has 0 aromatic heterocycles. The minimum Gasteiger partial charge on any atom is -0.274 e. The average molecular weight is 234 g/mol. The van der Waals surface area contributed by atoms with Gasteiger partial charge in [-0.05, 0) is 37.0 Å². The predicted octanol–water partition coefficient (Wildman–Crippen LogP) is 2.71. The topological polar surface area (TPSA) is 46.3 Å². The highest BCUT2D eigenvalue weighted by Crippen LogP contribution is 2.22. The van der Waals surface area contributed by atoms with E-state index in [4.69, 9.17) is 5.84 Å². The van der Waals surface area contributed by atoms with Crippen molar-refractivity contribution in [3.8, 4) is 0 Å². The molecular weight excluding hydrogens is 212 g/mol. The first-order valence-corrected chi connectivity index (χ1v) is 5.92. The molecule has 0 saturated heterocycles. The number of hydrogen-bond donors (Lipinski definition) is 1. The maximum absolute atomic E-state index is 11.9. The molecule has 0 aliphatic carbocycles. The van der Waals surface area contributed by atoms with Crippen molar-refractivity contribution < 1.29 is 4.79 Å². The lowest BCUT2D eigenvalue weighted by Gasteiger charge is -2.22. The van der Waals surface area contributed by atoms with Crippen LogP contribution in [-0.2, 0) is 5.41 Å². The Morgan fingerprint density at radius 2 is 1.65 bits per heavy atom. The maximum atomic E-state index is 11.9. The summed E-state index contributed by atoms with van der Waals surface area (Å²) < 4.78 is 0. The monoisotopic (exact) mass is 234 g/mol. The van der Waals surface area contributed by atoms with Gasteiger partial charge in [0.2, 0.25) is 0 Å². The summed E-state index contributed by atoms with van der Waals surface area (Å²) in [7, 11) is 0. The van der Waals surface area contributed by atoms with Crippen molar-refractivity contribution in [1.29, 1.82) is 0 Å². The highest BCUT2D eigenvalue weighted by atomic mass is 16.2. The number of carbonyl (C=O) groups excluding carboxylic acids is 1. The Labute approximate surface area is 104 Å². The molecule has 1 aromatic rings. The highest BCUT2D eigenvalue weighted by molar-refractivity contribution is 5.94. The zero-order valence-electron chi connectivity index (χ0n) is 11.3. The maximum Gasteiger partial charge on any atom is 0.268 e. The van der Waals surface area contributed by atoms with Crippen LogP contribution < -0.4 is 5.84 Å². The fraction of sp³-hybridized carbons (Fsp3) is 0.500. The van der Waals surface area contributed by atoms with Crippen molar-refractivity contribution in [3.05, 3.63) is 35.4 Å². The summed E-state index contributed by atoms with van der Waals surface area (Å²) in [6.07, 6.45) is 0. The van der Waals surface area contributed by atoms with Crippen LogP contribution in [0.3, 0.4) is 0 Å². The molecule has 3 nitrogen and oxygen atoms in total. The van der Waals surface area contributed by atoms with Crippen molar-refractivity contribution in [2.45, 2.75) is 46.1 Å². The van der Waals surface area contributed by atoms with Crippen LogP contribution in [0.4, 0.5) is 0 Å². The molecule has 0 aliphatic rings. The molecule has 0 bridgehead atoms. The molecule has 0 saturated carbocycles. The van der Waals surface area contributed by atoms with Crippen LogP contribution in [-0.4, -0.2) is 17.0 Å². The average Bonchev–Trinajstić information content (AvgIpc) is 2.26. The third-order valence-corrected chi connectivity index (χ3v) is 2.79. The molecule has 2 N–H and O–H groups in total. The molecular formula is C14H22N2O. The van der Waals surface area contributed by atoms with Crippen molar-refractivity contribution >= 4 is 5.91 Å². The van der Waals surface area contributed by atoms with Crippen LogP contribution in [0.1, 0.15) is 50.5 Å². The van der Waals surface area contributed by atoms with E-state index in [-0.39, 0.29) is 17.4 Å². The van der Waals surface area contributed by atoms with Crippen LogP contribution in [0, 0.1) is 0 Å². The van der Waals surface area contributed by atoms with E-state index in [1.807, 2.05) is 38.1 Å². The summed E-state index contributed by atoms with van der Waals surface area (Å²) in [6, 6.07) is 7.66. The zero-order valence-corrected chi connectivity index (χ0v) is 11.3. The molecule has 0 fully saturated rings. The number of nitrogens with zero attached hydrogens (tertiary/aromatic N) is 1. The summed E-state index contributed by atoms with van der Waals surface area (Å²) in [5.74, 6) is 5.56. The lowest BCUT2D eigenvalue weighted by molar-refractivity contribution is 0.0705. The van der Waals surface area contributed by atoms with E-state index >= 15 is 0 Å². The summed E-state index contributed by atoms with van der Waals surface area (Å²) >= 11 is 0. The number of benzene rings is 1. The third kappa shape index (κ3) is 3.30. The number of hydrazine groups is 1. The van der Waals surface area contributed by atoms with Gasteiger partial charge in [-0.3, -0.25) is 9.80 Å². The normalized spacial score (nSPS) is 11.7. The van der Waals surface area contributed by atoms with Gasteiger partial charge in [0.25, 0.3) is 5.91 Å². The molecule has 1 rings (SSSR count). The smallest absolute Gasteiger partial charge is 0.268 e. The van der Waals surface area contributed by atoms with Gasteiger partial charge in [0.1, 0.15) is 0 Å².